The summed E-state index contributed by atoms with van der Waals surface area (Å²) in [4.78, 5) is 0. The molecule has 0 saturated heterocycles. The highest BCUT2D eigenvalue weighted by atomic mass is 16.4. The summed E-state index contributed by atoms with van der Waals surface area (Å²) in [6, 6.07) is 14.4. The van der Waals surface area contributed by atoms with E-state index in [9.17, 15) is 5.11 Å². The third kappa shape index (κ3) is 3.94. The topological polar surface area (TPSA) is 45.4 Å². The summed E-state index contributed by atoms with van der Waals surface area (Å²) in [7, 11) is 0. The second-order valence-electron chi connectivity index (χ2n) is 4.97. The van der Waals surface area contributed by atoms with Crippen molar-refractivity contribution in [3.8, 4) is 0 Å². The molecule has 0 aliphatic rings. The molecule has 3 atom stereocenters. The molecule has 3 heteroatoms. The van der Waals surface area contributed by atoms with Gasteiger partial charge in [-0.2, -0.15) is 0 Å². The predicted molar refractivity (Wildman–Crippen MR) is 75.7 cm³/mol. The van der Waals surface area contributed by atoms with Crippen LogP contribution in [-0.2, 0) is 0 Å². The molecule has 0 saturated carbocycles. The van der Waals surface area contributed by atoms with Crippen LogP contribution in [0.3, 0.4) is 0 Å². The molecule has 2 aromatic rings. The Balaban J connectivity index is 1.86. The Morgan fingerprint density at radius 3 is 2.47 bits per heavy atom. The van der Waals surface area contributed by atoms with E-state index in [2.05, 4.69) is 31.3 Å². The first kappa shape index (κ1) is 13.8. The monoisotopic (exact) mass is 259 g/mol. The number of benzene rings is 1. The summed E-state index contributed by atoms with van der Waals surface area (Å²) in [6.45, 7) is 4.21. The minimum atomic E-state index is -0.555. The van der Waals surface area contributed by atoms with Gasteiger partial charge in [-0.3, -0.25) is 0 Å². The molecule has 0 aliphatic heterocycles. The maximum Gasteiger partial charge on any atom is 0.132 e. The summed E-state index contributed by atoms with van der Waals surface area (Å²) in [5.74, 6) is 0.626. The SMILES string of the molecule is CC(CC(O)c1ccco1)NC(C)c1ccccc1. The summed E-state index contributed by atoms with van der Waals surface area (Å²) in [5.41, 5.74) is 1.25. The van der Waals surface area contributed by atoms with Crippen molar-refractivity contribution in [3.63, 3.8) is 0 Å². The van der Waals surface area contributed by atoms with Gasteiger partial charge in [-0.05, 0) is 38.0 Å². The van der Waals surface area contributed by atoms with E-state index >= 15 is 0 Å². The van der Waals surface area contributed by atoms with Gasteiger partial charge < -0.3 is 14.8 Å². The Morgan fingerprint density at radius 1 is 1.11 bits per heavy atom. The van der Waals surface area contributed by atoms with Crippen molar-refractivity contribution in [1.82, 2.24) is 5.32 Å². The standard InChI is InChI=1S/C16H21NO2/c1-12(11-15(18)16-9-6-10-19-16)17-13(2)14-7-4-3-5-8-14/h3-10,12-13,15,17-18H,11H2,1-2H3. The van der Waals surface area contributed by atoms with Crippen molar-refractivity contribution >= 4 is 0 Å². The average molecular weight is 259 g/mol. The lowest BCUT2D eigenvalue weighted by atomic mass is 10.0. The zero-order valence-corrected chi connectivity index (χ0v) is 11.4. The number of hydrogen-bond donors (Lipinski definition) is 2. The number of rotatable bonds is 6. The number of nitrogens with one attached hydrogen (secondary N) is 1. The molecule has 1 aromatic carbocycles. The molecule has 0 aliphatic carbocycles. The molecule has 0 radical (unpaired) electrons. The van der Waals surface area contributed by atoms with Crippen LogP contribution in [0.1, 0.15) is 43.7 Å². The number of hydrogen-bond acceptors (Lipinski definition) is 3. The van der Waals surface area contributed by atoms with Gasteiger partial charge in [-0.25, -0.2) is 0 Å². The third-order valence-electron chi connectivity index (χ3n) is 3.28. The molecule has 3 unspecified atom stereocenters. The van der Waals surface area contributed by atoms with Crippen LogP contribution >= 0.6 is 0 Å². The second-order valence-corrected chi connectivity index (χ2v) is 4.97. The van der Waals surface area contributed by atoms with E-state index in [1.807, 2.05) is 18.2 Å². The van der Waals surface area contributed by atoms with Gasteiger partial charge in [-0.15, -0.1) is 0 Å². The molecule has 1 aromatic heterocycles. The highest BCUT2D eigenvalue weighted by Crippen LogP contribution is 2.20. The van der Waals surface area contributed by atoms with Gasteiger partial charge in [0.25, 0.3) is 0 Å². The van der Waals surface area contributed by atoms with Gasteiger partial charge in [0.15, 0.2) is 0 Å². The van der Waals surface area contributed by atoms with Gasteiger partial charge in [0.2, 0.25) is 0 Å². The second kappa shape index (κ2) is 6.55. The summed E-state index contributed by atoms with van der Waals surface area (Å²) >= 11 is 0. The molecule has 1 heterocycles. The van der Waals surface area contributed by atoms with E-state index in [-0.39, 0.29) is 12.1 Å². The van der Waals surface area contributed by atoms with E-state index in [4.69, 9.17) is 4.42 Å². The van der Waals surface area contributed by atoms with Gasteiger partial charge in [0, 0.05) is 12.1 Å². The normalized spacial score (nSPS) is 15.9. The minimum Gasteiger partial charge on any atom is -0.467 e. The fraction of sp³-hybridized carbons (Fsp3) is 0.375. The molecular formula is C16H21NO2. The highest BCUT2D eigenvalue weighted by Gasteiger charge is 2.16. The summed E-state index contributed by atoms with van der Waals surface area (Å²) in [6.07, 6.45) is 1.66. The van der Waals surface area contributed by atoms with Crippen LogP contribution < -0.4 is 5.32 Å². The molecule has 2 rings (SSSR count). The van der Waals surface area contributed by atoms with E-state index in [1.165, 1.54) is 5.56 Å². The lowest BCUT2D eigenvalue weighted by molar-refractivity contribution is 0.127. The van der Waals surface area contributed by atoms with Gasteiger partial charge in [0.05, 0.1) is 6.26 Å². The van der Waals surface area contributed by atoms with Gasteiger partial charge in [-0.1, -0.05) is 30.3 Å². The zero-order valence-electron chi connectivity index (χ0n) is 11.4. The number of aliphatic hydroxyl groups is 1. The Kier molecular flexibility index (Phi) is 4.77. The van der Waals surface area contributed by atoms with Crippen molar-refractivity contribution < 1.29 is 9.52 Å². The maximum atomic E-state index is 10.0. The van der Waals surface area contributed by atoms with Crippen LogP contribution in [0.4, 0.5) is 0 Å². The molecular weight excluding hydrogens is 238 g/mol. The minimum absolute atomic E-state index is 0.204. The molecule has 0 bridgehead atoms. The predicted octanol–water partition coefficient (Wildman–Crippen LogP) is 3.44. The summed E-state index contributed by atoms with van der Waals surface area (Å²) < 4.78 is 5.21. The van der Waals surface area contributed by atoms with E-state index in [1.54, 1.807) is 18.4 Å². The van der Waals surface area contributed by atoms with E-state index < -0.39 is 6.10 Å². The number of aliphatic hydroxyl groups excluding tert-OH is 1. The molecule has 2 N–H and O–H groups in total. The van der Waals surface area contributed by atoms with Crippen molar-refractivity contribution in [2.75, 3.05) is 0 Å². The van der Waals surface area contributed by atoms with Gasteiger partial charge >= 0.3 is 0 Å². The quantitative estimate of drug-likeness (QED) is 0.835. The molecule has 19 heavy (non-hydrogen) atoms. The van der Waals surface area contributed by atoms with E-state index in [0.29, 0.717) is 12.2 Å². The van der Waals surface area contributed by atoms with Crippen LogP contribution in [0, 0.1) is 0 Å². The van der Waals surface area contributed by atoms with Crippen LogP contribution in [0.2, 0.25) is 0 Å². The van der Waals surface area contributed by atoms with Crippen LogP contribution in [-0.4, -0.2) is 11.1 Å². The van der Waals surface area contributed by atoms with Crippen molar-refractivity contribution in [1.29, 1.82) is 0 Å². The van der Waals surface area contributed by atoms with Crippen LogP contribution in [0.15, 0.2) is 53.1 Å². The molecule has 0 spiro atoms. The zero-order chi connectivity index (χ0) is 13.7. The Hall–Kier alpha value is -1.58. The lowest BCUT2D eigenvalue weighted by Gasteiger charge is -2.22. The largest absolute Gasteiger partial charge is 0.467 e. The maximum absolute atomic E-state index is 10.0. The van der Waals surface area contributed by atoms with Gasteiger partial charge in [0.1, 0.15) is 11.9 Å². The molecule has 0 fully saturated rings. The van der Waals surface area contributed by atoms with Crippen molar-refractivity contribution in [3.05, 3.63) is 60.1 Å². The molecule has 102 valence electrons. The Morgan fingerprint density at radius 2 is 1.84 bits per heavy atom. The summed E-state index contributed by atoms with van der Waals surface area (Å²) in [5, 5.41) is 13.5. The van der Waals surface area contributed by atoms with Crippen molar-refractivity contribution in [2.24, 2.45) is 0 Å². The Bertz CT molecular complexity index is 467. The average Bonchev–Trinajstić information content (AvgIpc) is 2.93. The first-order valence-corrected chi connectivity index (χ1v) is 6.69. The molecule has 0 amide bonds. The van der Waals surface area contributed by atoms with E-state index in [0.717, 1.165) is 0 Å². The molecule has 3 nitrogen and oxygen atoms in total. The fourth-order valence-corrected chi connectivity index (χ4v) is 2.26. The smallest absolute Gasteiger partial charge is 0.132 e. The lowest BCUT2D eigenvalue weighted by Crippen LogP contribution is -2.30. The number of furan rings is 1. The third-order valence-corrected chi connectivity index (χ3v) is 3.28. The first-order valence-electron chi connectivity index (χ1n) is 6.69. The first-order chi connectivity index (χ1) is 9.16. The van der Waals surface area contributed by atoms with Crippen molar-refractivity contribution in [2.45, 2.75) is 38.5 Å². The fourth-order valence-electron chi connectivity index (χ4n) is 2.26. The Labute approximate surface area is 114 Å². The van der Waals surface area contributed by atoms with Crippen LogP contribution in [0.5, 0.6) is 0 Å². The van der Waals surface area contributed by atoms with Crippen LogP contribution in [0.25, 0.3) is 0 Å². The highest BCUT2D eigenvalue weighted by molar-refractivity contribution is 5.18.